The van der Waals surface area contributed by atoms with Gasteiger partial charge in [-0.25, -0.2) is 0 Å². The second kappa shape index (κ2) is 9.07. The van der Waals surface area contributed by atoms with Crippen molar-refractivity contribution >= 4 is 5.91 Å². The summed E-state index contributed by atoms with van der Waals surface area (Å²) >= 11 is 0. The van der Waals surface area contributed by atoms with Gasteiger partial charge in [0.25, 0.3) is 0 Å². The predicted molar refractivity (Wildman–Crippen MR) is 83.8 cm³/mol. The monoisotopic (exact) mass is 292 g/mol. The molecule has 4 heteroatoms. The Morgan fingerprint density at radius 2 is 1.90 bits per heavy atom. The first-order chi connectivity index (χ1) is 10.3. The molecule has 0 spiro atoms. The highest BCUT2D eigenvalue weighted by molar-refractivity contribution is 5.78. The largest absolute Gasteiger partial charge is 0.381 e. The van der Waals surface area contributed by atoms with E-state index in [0.29, 0.717) is 5.92 Å². The van der Waals surface area contributed by atoms with Crippen molar-refractivity contribution < 1.29 is 9.53 Å². The van der Waals surface area contributed by atoms with Crippen molar-refractivity contribution in [3.05, 3.63) is 0 Å². The highest BCUT2D eigenvalue weighted by Gasteiger charge is 2.23. The number of hydrogen-bond acceptors (Lipinski definition) is 3. The molecule has 2 saturated heterocycles. The first-order valence-corrected chi connectivity index (χ1v) is 8.33. The van der Waals surface area contributed by atoms with Gasteiger partial charge < -0.3 is 10.1 Å². The molecule has 0 radical (unpaired) electrons. The van der Waals surface area contributed by atoms with Crippen LogP contribution >= 0.6 is 0 Å². The number of amides is 1. The number of carbonyl (C=O) groups is 1. The Morgan fingerprint density at radius 3 is 2.57 bits per heavy atom. The molecule has 1 N–H and O–H groups in total. The lowest BCUT2D eigenvalue weighted by atomic mass is 9.95. The molecule has 2 aliphatic heterocycles. The molecule has 0 bridgehead atoms. The van der Waals surface area contributed by atoms with Gasteiger partial charge in [0.2, 0.25) is 5.91 Å². The second-order valence-electron chi connectivity index (χ2n) is 6.06. The topological polar surface area (TPSA) is 41.6 Å². The Bertz CT molecular complexity index is 372. The van der Waals surface area contributed by atoms with Gasteiger partial charge in [0.15, 0.2) is 0 Å². The summed E-state index contributed by atoms with van der Waals surface area (Å²) in [4.78, 5) is 14.5. The number of hydrogen-bond donors (Lipinski definition) is 1. The van der Waals surface area contributed by atoms with Crippen LogP contribution < -0.4 is 5.32 Å². The van der Waals surface area contributed by atoms with Crippen molar-refractivity contribution in [1.29, 1.82) is 0 Å². The summed E-state index contributed by atoms with van der Waals surface area (Å²) in [5, 5.41) is 3.15. The van der Waals surface area contributed by atoms with Crippen molar-refractivity contribution in [3.8, 4) is 11.8 Å². The fourth-order valence-corrected chi connectivity index (χ4v) is 2.99. The van der Waals surface area contributed by atoms with E-state index in [-0.39, 0.29) is 11.8 Å². The molecule has 0 aromatic heterocycles. The maximum absolute atomic E-state index is 12.1. The quantitative estimate of drug-likeness (QED) is 0.801. The zero-order chi connectivity index (χ0) is 14.9. The highest BCUT2D eigenvalue weighted by atomic mass is 16.5. The van der Waals surface area contributed by atoms with Gasteiger partial charge in [-0.2, -0.15) is 0 Å². The number of likely N-dealkylation sites (tertiary alicyclic amines) is 1. The van der Waals surface area contributed by atoms with Crippen LogP contribution in [0.3, 0.4) is 0 Å². The van der Waals surface area contributed by atoms with Crippen LogP contribution in [0.5, 0.6) is 0 Å². The zero-order valence-corrected chi connectivity index (χ0v) is 13.2. The maximum atomic E-state index is 12.1. The van der Waals surface area contributed by atoms with Crippen LogP contribution in [-0.4, -0.2) is 50.2 Å². The average Bonchev–Trinajstić information content (AvgIpc) is 2.55. The first-order valence-electron chi connectivity index (χ1n) is 8.33. The van der Waals surface area contributed by atoms with Crippen molar-refractivity contribution in [2.45, 2.75) is 39.0 Å². The van der Waals surface area contributed by atoms with Gasteiger partial charge in [0, 0.05) is 32.1 Å². The molecule has 0 aromatic rings. The summed E-state index contributed by atoms with van der Waals surface area (Å²) in [7, 11) is 0. The van der Waals surface area contributed by atoms with Gasteiger partial charge in [0.05, 0.1) is 6.54 Å². The van der Waals surface area contributed by atoms with E-state index in [1.807, 2.05) is 0 Å². The van der Waals surface area contributed by atoms with Gasteiger partial charge >= 0.3 is 0 Å². The van der Waals surface area contributed by atoms with E-state index in [2.05, 4.69) is 29.0 Å². The standard InChI is InChI=1S/C17H28N2O2/c1-2-3-4-9-19-10-5-15(6-11-19)14-18-17(20)16-7-12-21-13-8-16/h15-16H,2,5-14H2,1H3,(H,18,20). The summed E-state index contributed by atoms with van der Waals surface area (Å²) in [5.41, 5.74) is 0. The molecule has 0 saturated carbocycles. The third kappa shape index (κ3) is 5.68. The van der Waals surface area contributed by atoms with Crippen LogP contribution in [0.15, 0.2) is 0 Å². The lowest BCUT2D eigenvalue weighted by molar-refractivity contribution is -0.128. The van der Waals surface area contributed by atoms with Gasteiger partial charge in [-0.15, -0.1) is 5.92 Å². The minimum absolute atomic E-state index is 0.170. The fraction of sp³-hybridized carbons (Fsp3) is 0.824. The molecule has 2 rings (SSSR count). The molecule has 2 fully saturated rings. The molecule has 0 aromatic carbocycles. The summed E-state index contributed by atoms with van der Waals surface area (Å²) < 4.78 is 5.30. The smallest absolute Gasteiger partial charge is 0.223 e. The van der Waals surface area contributed by atoms with E-state index in [1.165, 1.54) is 12.8 Å². The predicted octanol–water partition coefficient (Wildman–Crippen LogP) is 1.65. The van der Waals surface area contributed by atoms with Crippen molar-refractivity contribution in [1.82, 2.24) is 10.2 Å². The van der Waals surface area contributed by atoms with Crippen LogP contribution in [0, 0.1) is 23.7 Å². The number of nitrogens with one attached hydrogen (secondary N) is 1. The zero-order valence-electron chi connectivity index (χ0n) is 13.2. The molecule has 1 amide bonds. The summed E-state index contributed by atoms with van der Waals surface area (Å²) in [6.45, 7) is 7.50. The Balaban J connectivity index is 1.61. The van der Waals surface area contributed by atoms with Gasteiger partial charge in [0.1, 0.15) is 0 Å². The third-order valence-corrected chi connectivity index (χ3v) is 4.47. The molecular formula is C17H28N2O2. The van der Waals surface area contributed by atoms with E-state index in [9.17, 15) is 4.79 Å². The molecule has 2 aliphatic rings. The highest BCUT2D eigenvalue weighted by Crippen LogP contribution is 2.18. The average molecular weight is 292 g/mol. The summed E-state index contributed by atoms with van der Waals surface area (Å²) in [6, 6.07) is 0. The molecule has 0 aliphatic carbocycles. The fourth-order valence-electron chi connectivity index (χ4n) is 2.99. The molecule has 2 heterocycles. The lowest BCUT2D eigenvalue weighted by Crippen LogP contribution is -2.41. The van der Waals surface area contributed by atoms with Crippen LogP contribution in [0.4, 0.5) is 0 Å². The Labute approximate surface area is 128 Å². The van der Waals surface area contributed by atoms with Gasteiger partial charge in [-0.3, -0.25) is 9.69 Å². The van der Waals surface area contributed by atoms with E-state index < -0.39 is 0 Å². The number of ether oxygens (including phenoxy) is 1. The van der Waals surface area contributed by atoms with E-state index in [4.69, 9.17) is 4.74 Å². The molecule has 0 unspecified atom stereocenters. The third-order valence-electron chi connectivity index (χ3n) is 4.47. The summed E-state index contributed by atoms with van der Waals surface area (Å²) in [5.74, 6) is 7.36. The van der Waals surface area contributed by atoms with Crippen LogP contribution in [0.25, 0.3) is 0 Å². The van der Waals surface area contributed by atoms with Crippen molar-refractivity contribution in [3.63, 3.8) is 0 Å². The molecule has 21 heavy (non-hydrogen) atoms. The molecule has 118 valence electrons. The molecular weight excluding hydrogens is 264 g/mol. The SMILES string of the molecule is CCC#CCN1CCC(CNC(=O)C2CCOCC2)CC1. The van der Waals surface area contributed by atoms with Crippen LogP contribution in [-0.2, 0) is 9.53 Å². The first kappa shape index (κ1) is 16.3. The minimum atomic E-state index is 0.170. The van der Waals surface area contributed by atoms with Gasteiger partial charge in [-0.05, 0) is 44.7 Å². The summed E-state index contributed by atoms with van der Waals surface area (Å²) in [6.07, 6.45) is 5.03. The van der Waals surface area contributed by atoms with Crippen LogP contribution in [0.1, 0.15) is 39.0 Å². The van der Waals surface area contributed by atoms with Crippen molar-refractivity contribution in [2.24, 2.45) is 11.8 Å². The number of piperidine rings is 1. The van der Waals surface area contributed by atoms with E-state index in [1.54, 1.807) is 0 Å². The number of nitrogens with zero attached hydrogens (tertiary/aromatic N) is 1. The second-order valence-corrected chi connectivity index (χ2v) is 6.06. The Morgan fingerprint density at radius 1 is 1.19 bits per heavy atom. The van der Waals surface area contributed by atoms with E-state index in [0.717, 1.165) is 58.7 Å². The molecule has 0 atom stereocenters. The maximum Gasteiger partial charge on any atom is 0.223 e. The Kier molecular flexibility index (Phi) is 7.05. The number of rotatable bonds is 4. The minimum Gasteiger partial charge on any atom is -0.381 e. The number of carbonyl (C=O) groups excluding carboxylic acids is 1. The molecule has 4 nitrogen and oxygen atoms in total. The lowest BCUT2D eigenvalue weighted by Gasteiger charge is -2.31. The van der Waals surface area contributed by atoms with Crippen LogP contribution in [0.2, 0.25) is 0 Å². The Hall–Kier alpha value is -1.05. The van der Waals surface area contributed by atoms with E-state index >= 15 is 0 Å². The van der Waals surface area contributed by atoms with Gasteiger partial charge in [-0.1, -0.05) is 12.8 Å². The normalized spacial score (nSPS) is 21.6. The van der Waals surface area contributed by atoms with Crippen molar-refractivity contribution in [2.75, 3.05) is 39.4 Å².